The Morgan fingerprint density at radius 2 is 2.07 bits per heavy atom. The molecule has 0 heterocycles. The topological polar surface area (TPSA) is 64.7 Å². The number of rotatable bonds is 6. The fraction of sp³-hybridized carbons (Fsp3) is 0.818. The summed E-state index contributed by atoms with van der Waals surface area (Å²) in [6.07, 6.45) is 1.30. The molecule has 0 aliphatic rings. The lowest BCUT2D eigenvalue weighted by Crippen LogP contribution is -2.27. The molecule has 0 saturated heterocycles. The highest BCUT2D eigenvalue weighted by Gasteiger charge is 2.25. The van der Waals surface area contributed by atoms with Gasteiger partial charge in [-0.3, -0.25) is 9.79 Å². The van der Waals surface area contributed by atoms with Crippen LogP contribution in [0, 0.1) is 17.8 Å². The van der Waals surface area contributed by atoms with Gasteiger partial charge < -0.3 is 10.5 Å². The van der Waals surface area contributed by atoms with Crippen LogP contribution in [0.2, 0.25) is 0 Å². The minimum Gasteiger partial charge on any atom is -0.466 e. The van der Waals surface area contributed by atoms with Crippen LogP contribution in [0.15, 0.2) is 4.99 Å². The summed E-state index contributed by atoms with van der Waals surface area (Å²) in [4.78, 5) is 15.5. The van der Waals surface area contributed by atoms with Crippen molar-refractivity contribution in [3.8, 4) is 0 Å². The van der Waals surface area contributed by atoms with Gasteiger partial charge in [0.25, 0.3) is 0 Å². The average molecular weight is 214 g/mol. The molecule has 0 spiro atoms. The maximum absolute atomic E-state index is 11.5. The van der Waals surface area contributed by atoms with Crippen LogP contribution in [-0.4, -0.2) is 25.5 Å². The third kappa shape index (κ3) is 4.81. The van der Waals surface area contributed by atoms with E-state index in [4.69, 9.17) is 10.5 Å². The molecule has 0 bridgehead atoms. The molecule has 2 N–H and O–H groups in total. The summed E-state index contributed by atoms with van der Waals surface area (Å²) in [5, 5.41) is 0. The third-order valence-electron chi connectivity index (χ3n) is 2.84. The quantitative estimate of drug-likeness (QED) is 0.413. The Balaban J connectivity index is 4.16. The van der Waals surface area contributed by atoms with Gasteiger partial charge in [0.05, 0.1) is 18.9 Å². The van der Waals surface area contributed by atoms with Crippen LogP contribution >= 0.6 is 0 Å². The van der Waals surface area contributed by atoms with E-state index in [9.17, 15) is 4.79 Å². The summed E-state index contributed by atoms with van der Waals surface area (Å²) in [6.45, 7) is 8.90. The smallest absolute Gasteiger partial charge is 0.308 e. The second kappa shape index (κ2) is 7.26. The molecule has 1 unspecified atom stereocenters. The van der Waals surface area contributed by atoms with Gasteiger partial charge in [0.2, 0.25) is 0 Å². The highest BCUT2D eigenvalue weighted by atomic mass is 16.5. The van der Waals surface area contributed by atoms with Crippen LogP contribution in [0.1, 0.15) is 27.7 Å². The molecule has 0 aliphatic carbocycles. The Morgan fingerprint density at radius 3 is 2.53 bits per heavy atom. The maximum Gasteiger partial charge on any atom is 0.308 e. The zero-order valence-corrected chi connectivity index (χ0v) is 10.1. The molecule has 4 heteroatoms. The molecule has 0 radical (unpaired) electrons. The Hall–Kier alpha value is -1.06. The van der Waals surface area contributed by atoms with Gasteiger partial charge in [-0.15, -0.1) is 0 Å². The van der Waals surface area contributed by atoms with Crippen LogP contribution in [-0.2, 0) is 9.53 Å². The Morgan fingerprint density at radius 1 is 1.47 bits per heavy atom. The third-order valence-corrected chi connectivity index (χ3v) is 2.84. The molecule has 88 valence electrons. The van der Waals surface area contributed by atoms with E-state index in [1.807, 2.05) is 20.8 Å². The van der Waals surface area contributed by atoms with E-state index in [-0.39, 0.29) is 17.8 Å². The molecule has 3 atom stereocenters. The molecular weight excluding hydrogens is 192 g/mol. The number of hydrogen-bond donors (Lipinski definition) is 1. The average Bonchev–Trinajstić information content (AvgIpc) is 2.24. The predicted molar refractivity (Wildman–Crippen MR) is 61.7 cm³/mol. The number of nitrogens with zero attached hydrogens (tertiary/aromatic N) is 1. The lowest BCUT2D eigenvalue weighted by Gasteiger charge is -2.23. The van der Waals surface area contributed by atoms with Crippen LogP contribution in [0.3, 0.4) is 0 Å². The standard InChI is InChI=1S/C11H22N2O2/c1-5-15-11(14)10(4)9(3)8(2)6-13-7-12/h7-10H,5-6H2,1-4H3,(H2,12,13)/t8?,9-,10-/m1/s1. The summed E-state index contributed by atoms with van der Waals surface area (Å²) in [7, 11) is 0. The van der Waals surface area contributed by atoms with E-state index in [2.05, 4.69) is 11.9 Å². The minimum atomic E-state index is -0.131. The van der Waals surface area contributed by atoms with Crippen LogP contribution in [0.25, 0.3) is 0 Å². The molecule has 0 amide bonds. The Labute approximate surface area is 91.9 Å². The van der Waals surface area contributed by atoms with E-state index >= 15 is 0 Å². The van der Waals surface area contributed by atoms with Crippen molar-refractivity contribution in [3.63, 3.8) is 0 Å². The van der Waals surface area contributed by atoms with E-state index in [1.165, 1.54) is 6.34 Å². The first-order chi connectivity index (χ1) is 7.04. The molecule has 0 aliphatic heterocycles. The lowest BCUT2D eigenvalue weighted by atomic mass is 9.85. The van der Waals surface area contributed by atoms with Gasteiger partial charge in [0, 0.05) is 6.54 Å². The first-order valence-corrected chi connectivity index (χ1v) is 5.41. The van der Waals surface area contributed by atoms with Crippen molar-refractivity contribution >= 4 is 12.3 Å². The van der Waals surface area contributed by atoms with Crippen molar-refractivity contribution in [1.82, 2.24) is 0 Å². The van der Waals surface area contributed by atoms with Crippen molar-refractivity contribution in [2.24, 2.45) is 28.5 Å². The number of carbonyl (C=O) groups excluding carboxylic acids is 1. The minimum absolute atomic E-state index is 0.0899. The Kier molecular flexibility index (Phi) is 6.75. The molecular formula is C11H22N2O2. The maximum atomic E-state index is 11.5. The van der Waals surface area contributed by atoms with Gasteiger partial charge in [-0.05, 0) is 18.8 Å². The van der Waals surface area contributed by atoms with Gasteiger partial charge in [-0.25, -0.2) is 0 Å². The van der Waals surface area contributed by atoms with Crippen molar-refractivity contribution < 1.29 is 9.53 Å². The van der Waals surface area contributed by atoms with Gasteiger partial charge in [0.15, 0.2) is 0 Å². The van der Waals surface area contributed by atoms with Gasteiger partial charge in [-0.1, -0.05) is 20.8 Å². The van der Waals surface area contributed by atoms with Gasteiger partial charge in [-0.2, -0.15) is 0 Å². The highest BCUT2D eigenvalue weighted by Crippen LogP contribution is 2.21. The first kappa shape index (κ1) is 13.9. The number of aliphatic imine (C=N–C) groups is 1. The van der Waals surface area contributed by atoms with E-state index < -0.39 is 0 Å². The van der Waals surface area contributed by atoms with Gasteiger partial charge in [0.1, 0.15) is 0 Å². The normalized spacial score (nSPS) is 17.3. The van der Waals surface area contributed by atoms with Crippen molar-refractivity contribution in [3.05, 3.63) is 0 Å². The van der Waals surface area contributed by atoms with E-state index in [0.717, 1.165) is 0 Å². The zero-order chi connectivity index (χ0) is 11.8. The molecule has 0 rings (SSSR count). The molecule has 0 fully saturated rings. The molecule has 0 saturated carbocycles. The number of carbonyl (C=O) groups is 1. The molecule has 15 heavy (non-hydrogen) atoms. The van der Waals surface area contributed by atoms with E-state index in [0.29, 0.717) is 19.1 Å². The largest absolute Gasteiger partial charge is 0.466 e. The molecule has 0 aromatic carbocycles. The van der Waals surface area contributed by atoms with Crippen molar-refractivity contribution in [2.75, 3.05) is 13.2 Å². The fourth-order valence-corrected chi connectivity index (χ4v) is 1.37. The second-order valence-electron chi connectivity index (χ2n) is 3.89. The van der Waals surface area contributed by atoms with E-state index in [1.54, 1.807) is 0 Å². The number of ether oxygens (including phenoxy) is 1. The molecule has 4 nitrogen and oxygen atoms in total. The number of hydrogen-bond acceptors (Lipinski definition) is 3. The summed E-state index contributed by atoms with van der Waals surface area (Å²) >= 11 is 0. The second-order valence-corrected chi connectivity index (χ2v) is 3.89. The first-order valence-electron chi connectivity index (χ1n) is 5.41. The zero-order valence-electron chi connectivity index (χ0n) is 10.1. The highest BCUT2D eigenvalue weighted by molar-refractivity contribution is 5.72. The number of nitrogens with two attached hydrogens (primary N) is 1. The fourth-order valence-electron chi connectivity index (χ4n) is 1.37. The monoisotopic (exact) mass is 214 g/mol. The molecule has 0 aromatic heterocycles. The summed E-state index contributed by atoms with van der Waals surface area (Å²) < 4.78 is 4.98. The van der Waals surface area contributed by atoms with Crippen LogP contribution in [0.5, 0.6) is 0 Å². The van der Waals surface area contributed by atoms with Crippen LogP contribution in [0.4, 0.5) is 0 Å². The van der Waals surface area contributed by atoms with Crippen molar-refractivity contribution in [1.29, 1.82) is 0 Å². The predicted octanol–water partition coefficient (Wildman–Crippen LogP) is 1.44. The molecule has 0 aromatic rings. The van der Waals surface area contributed by atoms with Crippen LogP contribution < -0.4 is 5.73 Å². The summed E-state index contributed by atoms with van der Waals surface area (Å²) in [5.41, 5.74) is 5.18. The van der Waals surface area contributed by atoms with Gasteiger partial charge >= 0.3 is 5.97 Å². The summed E-state index contributed by atoms with van der Waals surface area (Å²) in [6, 6.07) is 0. The lowest BCUT2D eigenvalue weighted by molar-refractivity contribution is -0.149. The number of esters is 1. The SMILES string of the molecule is CCOC(=O)[C@H](C)[C@H](C)C(C)CN=CN. The van der Waals surface area contributed by atoms with Crippen molar-refractivity contribution in [2.45, 2.75) is 27.7 Å². The Bertz CT molecular complexity index is 217. The summed E-state index contributed by atoms with van der Waals surface area (Å²) in [5.74, 6) is 0.346.